The maximum atomic E-state index is 9.41. The van der Waals surface area contributed by atoms with Crippen molar-refractivity contribution in [3.8, 4) is 0 Å². The zero-order valence-corrected chi connectivity index (χ0v) is 10.2. The van der Waals surface area contributed by atoms with Crippen LogP contribution in [0.4, 0.5) is 0 Å². The van der Waals surface area contributed by atoms with Crippen LogP contribution in [0, 0.1) is 0 Å². The van der Waals surface area contributed by atoms with E-state index in [1.807, 2.05) is 18.4 Å². The molecule has 0 radical (unpaired) electrons. The SMILES string of the molecule is CCn1c(CN)nnc1SC(C)C(C)O. The van der Waals surface area contributed by atoms with Crippen molar-refractivity contribution in [3.63, 3.8) is 0 Å². The lowest BCUT2D eigenvalue weighted by Gasteiger charge is -2.13. The van der Waals surface area contributed by atoms with Crippen LogP contribution < -0.4 is 5.73 Å². The summed E-state index contributed by atoms with van der Waals surface area (Å²) >= 11 is 1.52. The highest BCUT2D eigenvalue weighted by atomic mass is 32.2. The molecule has 86 valence electrons. The third kappa shape index (κ3) is 2.93. The normalized spacial score (nSPS) is 15.3. The summed E-state index contributed by atoms with van der Waals surface area (Å²) in [5, 5.41) is 18.4. The van der Waals surface area contributed by atoms with Gasteiger partial charge in [0.15, 0.2) is 5.16 Å². The maximum Gasteiger partial charge on any atom is 0.191 e. The van der Waals surface area contributed by atoms with E-state index in [2.05, 4.69) is 10.2 Å². The van der Waals surface area contributed by atoms with Crippen molar-refractivity contribution in [1.82, 2.24) is 14.8 Å². The highest BCUT2D eigenvalue weighted by molar-refractivity contribution is 7.99. The molecule has 15 heavy (non-hydrogen) atoms. The van der Waals surface area contributed by atoms with Gasteiger partial charge in [-0.05, 0) is 13.8 Å². The van der Waals surface area contributed by atoms with E-state index < -0.39 is 0 Å². The highest BCUT2D eigenvalue weighted by Crippen LogP contribution is 2.24. The van der Waals surface area contributed by atoms with E-state index >= 15 is 0 Å². The van der Waals surface area contributed by atoms with Crippen LogP contribution in [0.25, 0.3) is 0 Å². The summed E-state index contributed by atoms with van der Waals surface area (Å²) in [4.78, 5) is 0. The Morgan fingerprint density at radius 1 is 1.47 bits per heavy atom. The molecule has 1 heterocycles. The predicted molar refractivity (Wildman–Crippen MR) is 60.6 cm³/mol. The molecule has 3 N–H and O–H groups in total. The maximum absolute atomic E-state index is 9.41. The predicted octanol–water partition coefficient (Wildman–Crippen LogP) is 0.618. The van der Waals surface area contributed by atoms with Crippen molar-refractivity contribution in [2.24, 2.45) is 5.73 Å². The van der Waals surface area contributed by atoms with Gasteiger partial charge in [-0.2, -0.15) is 0 Å². The second kappa shape index (κ2) is 5.48. The van der Waals surface area contributed by atoms with Crippen LogP contribution in [0.5, 0.6) is 0 Å². The second-order valence-electron chi connectivity index (χ2n) is 3.41. The molecular formula is C9H18N4OS. The molecule has 0 spiro atoms. The summed E-state index contributed by atoms with van der Waals surface area (Å²) in [5.41, 5.74) is 5.55. The number of hydrogen-bond donors (Lipinski definition) is 2. The summed E-state index contributed by atoms with van der Waals surface area (Å²) in [6, 6.07) is 0. The van der Waals surface area contributed by atoms with Crippen molar-refractivity contribution < 1.29 is 5.11 Å². The van der Waals surface area contributed by atoms with E-state index in [4.69, 9.17) is 5.73 Å². The number of thioether (sulfide) groups is 1. The van der Waals surface area contributed by atoms with Gasteiger partial charge in [0.2, 0.25) is 0 Å². The number of nitrogens with zero attached hydrogens (tertiary/aromatic N) is 3. The minimum Gasteiger partial charge on any atom is -0.392 e. The van der Waals surface area contributed by atoms with Crippen LogP contribution in [0.15, 0.2) is 5.16 Å². The molecule has 0 aromatic carbocycles. The standard InChI is InChI=1S/C9H18N4OS/c1-4-13-8(5-10)11-12-9(13)15-7(3)6(2)14/h6-7,14H,4-5,10H2,1-3H3. The van der Waals surface area contributed by atoms with Gasteiger partial charge in [-0.15, -0.1) is 10.2 Å². The van der Waals surface area contributed by atoms with Gasteiger partial charge in [0.25, 0.3) is 0 Å². The molecule has 2 unspecified atom stereocenters. The third-order valence-electron chi connectivity index (χ3n) is 2.26. The summed E-state index contributed by atoms with van der Waals surface area (Å²) in [7, 11) is 0. The van der Waals surface area contributed by atoms with E-state index in [0.717, 1.165) is 17.5 Å². The zero-order valence-electron chi connectivity index (χ0n) is 9.34. The Hall–Kier alpha value is -0.590. The fourth-order valence-corrected chi connectivity index (χ4v) is 2.12. The van der Waals surface area contributed by atoms with Gasteiger partial charge >= 0.3 is 0 Å². The van der Waals surface area contributed by atoms with Crippen molar-refractivity contribution in [1.29, 1.82) is 0 Å². The summed E-state index contributed by atoms with van der Waals surface area (Å²) in [6.45, 7) is 6.96. The number of hydrogen-bond acceptors (Lipinski definition) is 5. The molecule has 0 fully saturated rings. The fourth-order valence-electron chi connectivity index (χ4n) is 1.14. The average Bonchev–Trinajstić information content (AvgIpc) is 2.59. The van der Waals surface area contributed by atoms with Gasteiger partial charge in [-0.25, -0.2) is 0 Å². The molecule has 1 aromatic rings. The first-order valence-electron chi connectivity index (χ1n) is 5.07. The van der Waals surface area contributed by atoms with Crippen LogP contribution in [0.2, 0.25) is 0 Å². The van der Waals surface area contributed by atoms with Crippen molar-refractivity contribution in [2.45, 2.75) is 50.4 Å². The number of aromatic nitrogens is 3. The van der Waals surface area contributed by atoms with Crippen LogP contribution in [0.1, 0.15) is 26.6 Å². The molecule has 0 aliphatic rings. The molecule has 5 nitrogen and oxygen atoms in total. The first kappa shape index (κ1) is 12.5. The van der Waals surface area contributed by atoms with Gasteiger partial charge in [0.05, 0.1) is 12.6 Å². The molecule has 1 rings (SSSR count). The number of aliphatic hydroxyl groups is 1. The van der Waals surface area contributed by atoms with Gasteiger partial charge in [0, 0.05) is 11.8 Å². The minimum atomic E-state index is -0.363. The van der Waals surface area contributed by atoms with Crippen LogP contribution >= 0.6 is 11.8 Å². The van der Waals surface area contributed by atoms with Gasteiger partial charge in [-0.3, -0.25) is 0 Å². The Balaban J connectivity index is 2.81. The summed E-state index contributed by atoms with van der Waals surface area (Å²) in [6.07, 6.45) is -0.363. The zero-order chi connectivity index (χ0) is 11.4. The molecule has 1 aromatic heterocycles. The molecular weight excluding hydrogens is 212 g/mol. The molecule has 2 atom stereocenters. The minimum absolute atomic E-state index is 0.102. The lowest BCUT2D eigenvalue weighted by molar-refractivity contribution is 0.196. The Morgan fingerprint density at radius 3 is 2.60 bits per heavy atom. The van der Waals surface area contributed by atoms with E-state index in [0.29, 0.717) is 6.54 Å². The highest BCUT2D eigenvalue weighted by Gasteiger charge is 2.16. The Labute approximate surface area is 94.1 Å². The van der Waals surface area contributed by atoms with E-state index in [1.165, 1.54) is 11.8 Å². The first-order chi connectivity index (χ1) is 7.10. The molecule has 0 bridgehead atoms. The fraction of sp³-hybridized carbons (Fsp3) is 0.778. The van der Waals surface area contributed by atoms with Crippen molar-refractivity contribution >= 4 is 11.8 Å². The lowest BCUT2D eigenvalue weighted by atomic mass is 10.3. The molecule has 0 saturated carbocycles. The third-order valence-corrected chi connectivity index (χ3v) is 3.54. The van der Waals surface area contributed by atoms with E-state index in [9.17, 15) is 5.11 Å². The Bertz CT molecular complexity index is 313. The molecule has 0 amide bonds. The summed E-state index contributed by atoms with van der Waals surface area (Å²) in [5.74, 6) is 0.790. The number of rotatable bonds is 5. The number of nitrogens with two attached hydrogens (primary N) is 1. The van der Waals surface area contributed by atoms with Gasteiger partial charge in [0.1, 0.15) is 5.82 Å². The molecule has 0 aliphatic carbocycles. The average molecular weight is 230 g/mol. The Kier molecular flexibility index (Phi) is 4.56. The van der Waals surface area contributed by atoms with E-state index in [-0.39, 0.29) is 11.4 Å². The lowest BCUT2D eigenvalue weighted by Crippen LogP contribution is -2.16. The smallest absolute Gasteiger partial charge is 0.191 e. The summed E-state index contributed by atoms with van der Waals surface area (Å²) < 4.78 is 1.98. The van der Waals surface area contributed by atoms with Crippen LogP contribution in [-0.2, 0) is 13.1 Å². The van der Waals surface area contributed by atoms with Crippen molar-refractivity contribution in [3.05, 3.63) is 5.82 Å². The molecule has 0 aliphatic heterocycles. The topological polar surface area (TPSA) is 77.0 Å². The monoisotopic (exact) mass is 230 g/mol. The molecule has 6 heteroatoms. The quantitative estimate of drug-likeness (QED) is 0.725. The Morgan fingerprint density at radius 2 is 2.13 bits per heavy atom. The first-order valence-corrected chi connectivity index (χ1v) is 5.95. The largest absolute Gasteiger partial charge is 0.392 e. The molecule has 0 saturated heterocycles. The van der Waals surface area contributed by atoms with Gasteiger partial charge in [-0.1, -0.05) is 18.7 Å². The van der Waals surface area contributed by atoms with Gasteiger partial charge < -0.3 is 15.4 Å². The van der Waals surface area contributed by atoms with Crippen molar-refractivity contribution in [2.75, 3.05) is 0 Å². The van der Waals surface area contributed by atoms with Crippen LogP contribution in [-0.4, -0.2) is 31.2 Å². The van der Waals surface area contributed by atoms with Crippen LogP contribution in [0.3, 0.4) is 0 Å². The van der Waals surface area contributed by atoms with E-state index in [1.54, 1.807) is 6.92 Å². The second-order valence-corrected chi connectivity index (χ2v) is 4.76. The number of aliphatic hydroxyl groups excluding tert-OH is 1.